The van der Waals surface area contributed by atoms with Gasteiger partial charge in [-0.3, -0.25) is 33.8 Å². The molecule has 22 heteroatoms. The number of ether oxygens (including phenoxy) is 2. The van der Waals surface area contributed by atoms with Crippen LogP contribution in [0.5, 0.6) is 0 Å². The number of halogens is 3. The van der Waals surface area contributed by atoms with E-state index < -0.39 is 23.7 Å². The van der Waals surface area contributed by atoms with Gasteiger partial charge in [-0.1, -0.05) is 6.07 Å². The summed E-state index contributed by atoms with van der Waals surface area (Å²) in [6.07, 6.45) is 9.56. The van der Waals surface area contributed by atoms with E-state index in [9.17, 15) is 41.9 Å². The number of aromatic nitrogens is 3. The Morgan fingerprint density at radius 2 is 1.57 bits per heavy atom. The van der Waals surface area contributed by atoms with Crippen molar-refractivity contribution in [3.63, 3.8) is 0 Å². The second-order valence-electron chi connectivity index (χ2n) is 22.9. The molecule has 0 radical (unpaired) electrons. The SMILES string of the molecule is CC(=O)N[C@@H]1C[C@H](N(C)C(C)C)CC[C@@H]1N1CC[C@H](Nc2nc(CCCNC(=O)C3CCC(NC(=O)CCCOC4CCC(OCCNC(=O)[C@H]5CC(=O)N(C)[C@@H]5c5cccnc5)CC4)CC3)nc3ccc(C(F)(F)F)cc23)C1=O. The van der Waals surface area contributed by atoms with Crippen molar-refractivity contribution in [2.75, 3.05) is 52.3 Å². The van der Waals surface area contributed by atoms with Gasteiger partial charge in [-0.15, -0.1) is 0 Å². The number of amides is 6. The predicted octanol–water partition coefficient (Wildman–Crippen LogP) is 6.01. The van der Waals surface area contributed by atoms with Crippen LogP contribution in [0.3, 0.4) is 0 Å². The molecule has 4 heterocycles. The minimum Gasteiger partial charge on any atom is -0.378 e. The third kappa shape index (κ3) is 15.7. The first-order valence-corrected chi connectivity index (χ1v) is 29.0. The third-order valence-electron chi connectivity index (χ3n) is 17.2. The molecule has 0 bridgehead atoms. The first-order chi connectivity index (χ1) is 38.3. The number of hydrogen-bond donors (Lipinski definition) is 5. The Kier molecular flexibility index (Phi) is 20.8. The number of alkyl halides is 3. The van der Waals surface area contributed by atoms with E-state index in [1.165, 1.54) is 13.0 Å². The fourth-order valence-electron chi connectivity index (χ4n) is 12.5. The molecule has 1 aromatic carbocycles. The molecule has 8 rings (SSSR count). The third-order valence-corrected chi connectivity index (χ3v) is 17.2. The molecule has 2 aliphatic heterocycles. The average Bonchev–Trinajstić information content (AvgIpc) is 3.98. The van der Waals surface area contributed by atoms with E-state index in [1.807, 2.05) is 11.0 Å². The number of nitrogens with zero attached hydrogens (tertiary/aromatic N) is 6. The lowest BCUT2D eigenvalue weighted by atomic mass is 9.84. The summed E-state index contributed by atoms with van der Waals surface area (Å²) in [5.74, 6) is -0.855. The van der Waals surface area contributed by atoms with Gasteiger partial charge in [0.2, 0.25) is 35.4 Å². The van der Waals surface area contributed by atoms with Crippen molar-refractivity contribution >= 4 is 52.2 Å². The van der Waals surface area contributed by atoms with Crippen molar-refractivity contribution in [3.8, 4) is 0 Å². The second kappa shape index (κ2) is 27.6. The summed E-state index contributed by atoms with van der Waals surface area (Å²) < 4.78 is 54.1. The Morgan fingerprint density at radius 1 is 0.850 bits per heavy atom. The minimum atomic E-state index is -4.60. The second-order valence-corrected chi connectivity index (χ2v) is 22.9. The molecule has 6 atom stereocenters. The molecule has 3 aliphatic carbocycles. The fraction of sp³-hybridized carbons (Fsp3) is 0.672. The van der Waals surface area contributed by atoms with E-state index in [-0.39, 0.29) is 101 Å². The molecule has 438 valence electrons. The summed E-state index contributed by atoms with van der Waals surface area (Å²) in [4.78, 5) is 97.3. The van der Waals surface area contributed by atoms with Gasteiger partial charge in [0, 0.05) is 101 Å². The molecule has 5 fully saturated rings. The highest BCUT2D eigenvalue weighted by Crippen LogP contribution is 2.38. The number of anilines is 1. The van der Waals surface area contributed by atoms with Crippen LogP contribution in [0, 0.1) is 11.8 Å². The van der Waals surface area contributed by atoms with Crippen LogP contribution in [0.4, 0.5) is 19.0 Å². The fourth-order valence-corrected chi connectivity index (χ4v) is 12.5. The Labute approximate surface area is 467 Å². The molecule has 6 amide bonds. The standard InChI is InChI=1S/C58H82F3N11O8/c1-35(2)70(4)41-17-23-49(48(32-41)65-36(3)73)72-28-24-47(57(72)78)68-54-44-31-39(58(59,60)61)14-22-46(44)67-50(69-54)10-7-26-63-55(76)37-12-15-40(16-13-37)66-51(74)11-8-29-79-42-18-20-43(21-19-42)80-30-27-64-56(77)45-33-52(75)71(5)53(45)38-9-6-25-62-34-38/h6,9,14,22,25,31,34-35,37,40-43,45,47-49,53H,7-8,10-13,15-21,23-24,26-30,32-33H2,1-5H3,(H,63,76)(H,64,77)(H,65,73)(H,66,74)(H,67,68,69)/t37?,40?,41-,42?,43?,45+,47+,48-,49+,53-/m1/s1. The van der Waals surface area contributed by atoms with Gasteiger partial charge in [-0.2, -0.15) is 13.2 Å². The quantitative estimate of drug-likeness (QED) is 0.0687. The average molecular weight is 1120 g/mol. The normalized spacial score (nSPS) is 26.5. The van der Waals surface area contributed by atoms with Gasteiger partial charge in [0.05, 0.1) is 53.9 Å². The van der Waals surface area contributed by atoms with Gasteiger partial charge in [0.25, 0.3) is 0 Å². The van der Waals surface area contributed by atoms with Crippen molar-refractivity contribution in [1.82, 2.24) is 50.9 Å². The summed E-state index contributed by atoms with van der Waals surface area (Å²) in [6, 6.07) is 6.00. The van der Waals surface area contributed by atoms with Crippen LogP contribution < -0.4 is 26.6 Å². The summed E-state index contributed by atoms with van der Waals surface area (Å²) in [5, 5.41) is 15.6. The van der Waals surface area contributed by atoms with Crippen molar-refractivity contribution in [3.05, 3.63) is 59.7 Å². The maximum Gasteiger partial charge on any atom is 0.416 e. The van der Waals surface area contributed by atoms with Gasteiger partial charge in [0.1, 0.15) is 17.7 Å². The number of pyridine rings is 1. The van der Waals surface area contributed by atoms with Gasteiger partial charge in [-0.25, -0.2) is 9.97 Å². The van der Waals surface area contributed by atoms with Crippen molar-refractivity contribution in [2.24, 2.45) is 11.8 Å². The largest absolute Gasteiger partial charge is 0.416 e. The van der Waals surface area contributed by atoms with Crippen LogP contribution in [-0.4, -0.2) is 160 Å². The minimum absolute atomic E-state index is 0.00590. The monoisotopic (exact) mass is 1120 g/mol. The molecule has 0 spiro atoms. The number of fused-ring (bicyclic) bond motifs is 1. The zero-order valence-corrected chi connectivity index (χ0v) is 47.0. The number of rotatable bonds is 23. The Hall–Kier alpha value is -6.00. The zero-order valence-electron chi connectivity index (χ0n) is 47.0. The summed E-state index contributed by atoms with van der Waals surface area (Å²) >= 11 is 0. The molecule has 3 saturated carbocycles. The molecular formula is C58H82F3N11O8. The Bertz CT molecular complexity index is 2620. The number of likely N-dealkylation sites (tertiary alicyclic amines) is 2. The smallest absolute Gasteiger partial charge is 0.378 e. The maximum absolute atomic E-state index is 14.1. The van der Waals surface area contributed by atoms with Gasteiger partial charge >= 0.3 is 6.18 Å². The summed E-state index contributed by atoms with van der Waals surface area (Å²) in [7, 11) is 3.79. The van der Waals surface area contributed by atoms with Crippen molar-refractivity contribution in [2.45, 2.75) is 191 Å². The van der Waals surface area contributed by atoms with E-state index in [0.717, 1.165) is 49.8 Å². The molecule has 80 heavy (non-hydrogen) atoms. The van der Waals surface area contributed by atoms with Crippen LogP contribution >= 0.6 is 0 Å². The van der Waals surface area contributed by atoms with Gasteiger partial charge < -0.3 is 50.8 Å². The lowest BCUT2D eigenvalue weighted by molar-refractivity contribution is -0.137. The predicted molar refractivity (Wildman–Crippen MR) is 293 cm³/mol. The van der Waals surface area contributed by atoms with E-state index in [1.54, 1.807) is 30.4 Å². The highest BCUT2D eigenvalue weighted by Gasteiger charge is 2.45. The molecule has 19 nitrogen and oxygen atoms in total. The van der Waals surface area contributed by atoms with Crippen LogP contribution in [0.1, 0.15) is 146 Å². The molecule has 5 aliphatic rings. The van der Waals surface area contributed by atoms with Crippen molar-refractivity contribution in [1.29, 1.82) is 0 Å². The molecule has 2 saturated heterocycles. The molecule has 3 aromatic rings. The zero-order chi connectivity index (χ0) is 57.1. The van der Waals surface area contributed by atoms with E-state index in [4.69, 9.17) is 9.47 Å². The van der Waals surface area contributed by atoms with E-state index in [2.05, 4.69) is 67.3 Å². The molecule has 2 aromatic heterocycles. The Morgan fingerprint density at radius 3 is 2.26 bits per heavy atom. The number of nitrogens with one attached hydrogen (secondary N) is 5. The maximum atomic E-state index is 14.1. The first-order valence-electron chi connectivity index (χ1n) is 29.0. The van der Waals surface area contributed by atoms with Crippen LogP contribution in [-0.2, 0) is 50.8 Å². The number of carbonyl (C=O) groups is 6. The lowest BCUT2D eigenvalue weighted by Gasteiger charge is -2.44. The van der Waals surface area contributed by atoms with Crippen LogP contribution in [0.15, 0.2) is 42.7 Å². The lowest BCUT2D eigenvalue weighted by Crippen LogP contribution is -2.58. The van der Waals surface area contributed by atoms with Crippen molar-refractivity contribution < 1.29 is 51.4 Å². The first kappa shape index (κ1) is 60.1. The summed E-state index contributed by atoms with van der Waals surface area (Å²) in [5.41, 5.74) is 0.285. The van der Waals surface area contributed by atoms with Crippen LogP contribution in [0.2, 0.25) is 0 Å². The highest BCUT2D eigenvalue weighted by molar-refractivity contribution is 5.94. The Balaban J connectivity index is 0.708. The number of benzene rings is 1. The number of aryl methyl sites for hydroxylation is 1. The molecule has 5 N–H and O–H groups in total. The number of hydrogen-bond acceptors (Lipinski definition) is 13. The van der Waals surface area contributed by atoms with Gasteiger partial charge in [-0.05, 0) is 141 Å². The van der Waals surface area contributed by atoms with Gasteiger partial charge in [0.15, 0.2) is 0 Å². The van der Waals surface area contributed by atoms with E-state index in [0.29, 0.717) is 121 Å². The topological polar surface area (TPSA) is 229 Å². The molecule has 0 unspecified atom stereocenters. The van der Waals surface area contributed by atoms with E-state index >= 15 is 0 Å². The highest BCUT2D eigenvalue weighted by atomic mass is 19.4. The number of carbonyl (C=O) groups excluding carboxylic acids is 6. The summed E-state index contributed by atoms with van der Waals surface area (Å²) in [6.45, 7) is 7.71. The molecular weight excluding hydrogens is 1040 g/mol. The van der Waals surface area contributed by atoms with Crippen LogP contribution in [0.25, 0.3) is 10.9 Å².